The second-order valence-electron chi connectivity index (χ2n) is 7.46. The van der Waals surface area contributed by atoms with Crippen LogP contribution < -0.4 is 5.32 Å². The van der Waals surface area contributed by atoms with E-state index < -0.39 is 0 Å². The molecule has 0 saturated carbocycles. The molecule has 0 bridgehead atoms. The molecule has 5 rings (SSSR count). The van der Waals surface area contributed by atoms with E-state index in [9.17, 15) is 0 Å². The van der Waals surface area contributed by atoms with Crippen molar-refractivity contribution in [1.29, 1.82) is 0 Å². The van der Waals surface area contributed by atoms with E-state index in [1.807, 2.05) is 6.07 Å². The quantitative estimate of drug-likeness (QED) is 0.713. The predicted molar refractivity (Wildman–Crippen MR) is 109 cm³/mol. The molecule has 0 unspecified atom stereocenters. The number of fused-ring (bicyclic) bond motifs is 1. The molecule has 2 fully saturated rings. The minimum atomic E-state index is 0. The summed E-state index contributed by atoms with van der Waals surface area (Å²) in [5.74, 6) is 1.95. The van der Waals surface area contributed by atoms with Crippen molar-refractivity contribution in [2.75, 3.05) is 26.2 Å². The van der Waals surface area contributed by atoms with Gasteiger partial charge in [0.2, 0.25) is 0 Å². The Balaban J connectivity index is 0.00000168. The number of benzene rings is 1. The standard InChI is InChI=1S/C20H23N3OS.ClH/c1-2-4-18-16(3-1)22-19(25-18)17-6-5-15(24-17)13-23-12-9-20(14-23)7-10-21-11-8-20;/h1-6,21H,7-14H2;1H. The van der Waals surface area contributed by atoms with Crippen molar-refractivity contribution in [1.82, 2.24) is 15.2 Å². The maximum atomic E-state index is 6.13. The molecule has 4 heterocycles. The van der Waals surface area contributed by atoms with E-state index in [2.05, 4.69) is 40.5 Å². The van der Waals surface area contributed by atoms with Gasteiger partial charge in [0.05, 0.1) is 16.8 Å². The van der Waals surface area contributed by atoms with Gasteiger partial charge in [0.1, 0.15) is 5.76 Å². The Bertz CT molecular complexity index is 851. The Kier molecular flexibility index (Phi) is 5.06. The molecule has 2 saturated heterocycles. The highest BCUT2D eigenvalue weighted by atomic mass is 35.5. The lowest BCUT2D eigenvalue weighted by Crippen LogP contribution is -2.38. The smallest absolute Gasteiger partial charge is 0.163 e. The van der Waals surface area contributed by atoms with Crippen LogP contribution in [0, 0.1) is 5.41 Å². The molecule has 0 atom stereocenters. The molecule has 1 spiro atoms. The zero-order valence-electron chi connectivity index (χ0n) is 14.7. The number of piperidine rings is 1. The highest BCUT2D eigenvalue weighted by molar-refractivity contribution is 7.21. The molecule has 0 amide bonds. The fraction of sp³-hybridized carbons (Fsp3) is 0.450. The maximum absolute atomic E-state index is 6.13. The average molecular weight is 390 g/mol. The minimum Gasteiger partial charge on any atom is -0.457 e. The largest absolute Gasteiger partial charge is 0.457 e. The molecule has 2 aliphatic rings. The zero-order valence-corrected chi connectivity index (χ0v) is 16.4. The summed E-state index contributed by atoms with van der Waals surface area (Å²) in [5.41, 5.74) is 1.60. The van der Waals surface area contributed by atoms with Crippen LogP contribution in [0.5, 0.6) is 0 Å². The summed E-state index contributed by atoms with van der Waals surface area (Å²) in [4.78, 5) is 7.26. The Morgan fingerprint density at radius 1 is 1.12 bits per heavy atom. The van der Waals surface area contributed by atoms with E-state index in [4.69, 9.17) is 9.40 Å². The van der Waals surface area contributed by atoms with Crippen molar-refractivity contribution in [3.8, 4) is 10.8 Å². The van der Waals surface area contributed by atoms with E-state index in [1.54, 1.807) is 11.3 Å². The molecule has 1 N–H and O–H groups in total. The van der Waals surface area contributed by atoms with Gasteiger partial charge in [-0.3, -0.25) is 4.90 Å². The van der Waals surface area contributed by atoms with Gasteiger partial charge in [-0.15, -0.1) is 23.7 Å². The number of nitrogens with one attached hydrogen (secondary N) is 1. The summed E-state index contributed by atoms with van der Waals surface area (Å²) >= 11 is 1.70. The van der Waals surface area contributed by atoms with Gasteiger partial charge < -0.3 is 9.73 Å². The number of hydrogen-bond donors (Lipinski definition) is 1. The number of halogens is 1. The molecule has 1 aromatic carbocycles. The molecule has 2 aromatic heterocycles. The Labute approximate surface area is 164 Å². The van der Waals surface area contributed by atoms with Gasteiger partial charge in [0.25, 0.3) is 0 Å². The van der Waals surface area contributed by atoms with E-state index in [0.717, 1.165) is 28.6 Å². The molecule has 26 heavy (non-hydrogen) atoms. The van der Waals surface area contributed by atoms with E-state index >= 15 is 0 Å². The van der Waals surface area contributed by atoms with Crippen LogP contribution in [0.3, 0.4) is 0 Å². The number of nitrogens with zero attached hydrogens (tertiary/aromatic N) is 2. The molecule has 138 valence electrons. The molecule has 4 nitrogen and oxygen atoms in total. The highest BCUT2D eigenvalue weighted by Gasteiger charge is 2.38. The van der Waals surface area contributed by atoms with Crippen molar-refractivity contribution in [3.63, 3.8) is 0 Å². The molecule has 3 aromatic rings. The lowest BCUT2D eigenvalue weighted by molar-refractivity contribution is 0.189. The second-order valence-corrected chi connectivity index (χ2v) is 8.49. The lowest BCUT2D eigenvalue weighted by Gasteiger charge is -2.33. The van der Waals surface area contributed by atoms with Gasteiger partial charge in [0.15, 0.2) is 10.8 Å². The normalized spacial score (nSPS) is 19.8. The van der Waals surface area contributed by atoms with Gasteiger partial charge in [-0.25, -0.2) is 4.98 Å². The predicted octanol–water partition coefficient (Wildman–Crippen LogP) is 4.55. The number of rotatable bonds is 3. The van der Waals surface area contributed by atoms with Crippen molar-refractivity contribution >= 4 is 34.0 Å². The zero-order chi connectivity index (χ0) is 16.7. The molecule has 2 aliphatic heterocycles. The summed E-state index contributed by atoms with van der Waals surface area (Å²) < 4.78 is 7.34. The Morgan fingerprint density at radius 2 is 1.96 bits per heavy atom. The molecular formula is C20H24ClN3OS. The third-order valence-electron chi connectivity index (χ3n) is 5.73. The molecule has 6 heteroatoms. The van der Waals surface area contributed by atoms with Crippen LogP contribution in [0.15, 0.2) is 40.8 Å². The summed E-state index contributed by atoms with van der Waals surface area (Å²) in [6.45, 7) is 5.68. The molecule has 0 aliphatic carbocycles. The van der Waals surface area contributed by atoms with Crippen LogP contribution in [-0.2, 0) is 6.54 Å². The first kappa shape index (κ1) is 18.0. The number of furan rings is 1. The van der Waals surface area contributed by atoms with Gasteiger partial charge in [0, 0.05) is 6.54 Å². The third-order valence-corrected chi connectivity index (χ3v) is 6.78. The van der Waals surface area contributed by atoms with Gasteiger partial charge in [-0.05, 0) is 68.6 Å². The van der Waals surface area contributed by atoms with Crippen LogP contribution in [0.2, 0.25) is 0 Å². The molecule has 0 radical (unpaired) electrons. The fourth-order valence-electron chi connectivity index (χ4n) is 4.30. The van der Waals surface area contributed by atoms with E-state index in [0.29, 0.717) is 5.41 Å². The van der Waals surface area contributed by atoms with Crippen LogP contribution in [0.4, 0.5) is 0 Å². The van der Waals surface area contributed by atoms with Crippen LogP contribution in [0.1, 0.15) is 25.0 Å². The SMILES string of the molecule is Cl.c1ccc2sc(-c3ccc(CN4CCC5(CCNCC5)C4)o3)nc2c1. The van der Waals surface area contributed by atoms with Crippen LogP contribution >= 0.6 is 23.7 Å². The Morgan fingerprint density at radius 3 is 2.81 bits per heavy atom. The number of thiazole rings is 1. The van der Waals surface area contributed by atoms with Crippen molar-refractivity contribution in [3.05, 3.63) is 42.2 Å². The first-order valence-corrected chi connectivity index (χ1v) is 9.99. The van der Waals surface area contributed by atoms with Crippen molar-refractivity contribution in [2.24, 2.45) is 5.41 Å². The minimum absolute atomic E-state index is 0. The second kappa shape index (κ2) is 7.31. The average Bonchev–Trinajstić information content (AvgIpc) is 3.35. The first-order chi connectivity index (χ1) is 12.3. The van der Waals surface area contributed by atoms with E-state index in [1.165, 1.54) is 50.1 Å². The number of hydrogen-bond acceptors (Lipinski definition) is 5. The van der Waals surface area contributed by atoms with Crippen molar-refractivity contribution < 1.29 is 4.42 Å². The van der Waals surface area contributed by atoms with Gasteiger partial charge in [-0.1, -0.05) is 12.1 Å². The maximum Gasteiger partial charge on any atom is 0.163 e. The first-order valence-electron chi connectivity index (χ1n) is 9.18. The third kappa shape index (κ3) is 3.41. The summed E-state index contributed by atoms with van der Waals surface area (Å²) in [5, 5.41) is 4.47. The summed E-state index contributed by atoms with van der Waals surface area (Å²) in [6, 6.07) is 12.5. The monoisotopic (exact) mass is 389 g/mol. The number of likely N-dealkylation sites (tertiary alicyclic amines) is 1. The van der Waals surface area contributed by atoms with Crippen LogP contribution in [-0.4, -0.2) is 36.1 Å². The highest BCUT2D eigenvalue weighted by Crippen LogP contribution is 2.39. The van der Waals surface area contributed by atoms with E-state index in [-0.39, 0.29) is 12.4 Å². The lowest BCUT2D eigenvalue weighted by atomic mass is 9.78. The fourth-order valence-corrected chi connectivity index (χ4v) is 5.23. The topological polar surface area (TPSA) is 41.3 Å². The Hall–Kier alpha value is -1.40. The number of aromatic nitrogens is 1. The van der Waals surface area contributed by atoms with Gasteiger partial charge in [-0.2, -0.15) is 0 Å². The van der Waals surface area contributed by atoms with Crippen molar-refractivity contribution in [2.45, 2.75) is 25.8 Å². The van der Waals surface area contributed by atoms with Gasteiger partial charge >= 0.3 is 0 Å². The molecular weight excluding hydrogens is 366 g/mol. The van der Waals surface area contributed by atoms with Crippen LogP contribution in [0.25, 0.3) is 21.0 Å². The number of para-hydroxylation sites is 1. The summed E-state index contributed by atoms with van der Waals surface area (Å²) in [7, 11) is 0. The summed E-state index contributed by atoms with van der Waals surface area (Å²) in [6.07, 6.45) is 3.97.